The molecule has 3 aromatic rings. The van der Waals surface area contributed by atoms with Gasteiger partial charge in [0.25, 0.3) is 0 Å². The smallest absolute Gasteiger partial charge is 0.329 e. The minimum Gasteiger partial charge on any atom is -0.329 e. The molecule has 0 aliphatic heterocycles. The van der Waals surface area contributed by atoms with Crippen LogP contribution in [0.3, 0.4) is 0 Å². The highest BCUT2D eigenvalue weighted by molar-refractivity contribution is 14.1. The molecule has 0 saturated heterocycles. The van der Waals surface area contributed by atoms with Gasteiger partial charge in [-0.2, -0.15) is 18.2 Å². The summed E-state index contributed by atoms with van der Waals surface area (Å²) in [6.07, 6.45) is -3.75. The predicted octanol–water partition coefficient (Wildman–Crippen LogP) is 5.92. The molecular formula is C19H16F3IN4. The van der Waals surface area contributed by atoms with Gasteiger partial charge in [0.15, 0.2) is 5.82 Å². The molecule has 1 aromatic heterocycles. The monoisotopic (exact) mass is 484 g/mol. The van der Waals surface area contributed by atoms with Crippen molar-refractivity contribution in [2.75, 3.05) is 17.3 Å². The van der Waals surface area contributed by atoms with E-state index >= 15 is 0 Å². The molecule has 1 heterocycles. The van der Waals surface area contributed by atoms with Crippen molar-refractivity contribution in [3.63, 3.8) is 0 Å². The van der Waals surface area contributed by atoms with Gasteiger partial charge >= 0.3 is 6.18 Å². The van der Waals surface area contributed by atoms with Crippen molar-refractivity contribution in [2.24, 2.45) is 0 Å². The molecule has 3 rings (SSSR count). The van der Waals surface area contributed by atoms with Crippen LogP contribution in [-0.4, -0.2) is 17.0 Å². The molecule has 27 heavy (non-hydrogen) atoms. The third-order valence-electron chi connectivity index (χ3n) is 3.91. The summed E-state index contributed by atoms with van der Waals surface area (Å²) in [6.45, 7) is 1.95. The number of rotatable bonds is 4. The number of alkyl halides is 3. The summed E-state index contributed by atoms with van der Waals surface area (Å²) in [6, 6.07) is 14.6. The van der Waals surface area contributed by atoms with Crippen LogP contribution >= 0.6 is 22.6 Å². The summed E-state index contributed by atoms with van der Waals surface area (Å²) in [5.41, 5.74) is 1.48. The summed E-state index contributed by atoms with van der Waals surface area (Å²) < 4.78 is 41.4. The highest BCUT2D eigenvalue weighted by Crippen LogP contribution is 2.37. The third-order valence-corrected chi connectivity index (χ3v) is 4.63. The number of anilines is 4. The summed E-state index contributed by atoms with van der Waals surface area (Å²) in [5, 5.41) is 2.95. The van der Waals surface area contributed by atoms with E-state index in [2.05, 4.69) is 37.9 Å². The molecule has 0 amide bonds. The van der Waals surface area contributed by atoms with Gasteiger partial charge in [0.1, 0.15) is 5.56 Å². The zero-order valence-corrected chi connectivity index (χ0v) is 16.7. The Morgan fingerprint density at radius 1 is 1.00 bits per heavy atom. The van der Waals surface area contributed by atoms with Gasteiger partial charge in [0, 0.05) is 28.2 Å². The highest BCUT2D eigenvalue weighted by atomic mass is 127. The van der Waals surface area contributed by atoms with Crippen LogP contribution in [0.4, 0.5) is 36.3 Å². The maximum Gasteiger partial charge on any atom is 0.421 e. The number of hydrogen-bond donors (Lipinski definition) is 1. The van der Waals surface area contributed by atoms with Crippen LogP contribution in [-0.2, 0) is 6.18 Å². The number of nitrogens with zero attached hydrogens (tertiary/aromatic N) is 3. The molecule has 0 radical (unpaired) electrons. The Bertz CT molecular complexity index is 925. The van der Waals surface area contributed by atoms with Crippen LogP contribution in [0.2, 0.25) is 0 Å². The molecule has 0 atom stereocenters. The fraction of sp³-hybridized carbons (Fsp3) is 0.158. The van der Waals surface area contributed by atoms with Crippen molar-refractivity contribution in [2.45, 2.75) is 13.1 Å². The van der Waals surface area contributed by atoms with E-state index in [1.807, 2.05) is 43.3 Å². The number of halogens is 4. The zero-order chi connectivity index (χ0) is 19.6. The molecule has 0 spiro atoms. The number of aryl methyl sites for hydroxylation is 1. The summed E-state index contributed by atoms with van der Waals surface area (Å²) >= 11 is 2.14. The van der Waals surface area contributed by atoms with Crippen molar-refractivity contribution >= 4 is 45.7 Å². The first-order valence-corrected chi connectivity index (χ1v) is 9.09. The Labute approximate surface area is 168 Å². The number of nitrogens with one attached hydrogen (secondary N) is 1. The first kappa shape index (κ1) is 19.4. The van der Waals surface area contributed by atoms with E-state index in [9.17, 15) is 13.2 Å². The second-order valence-corrected chi connectivity index (χ2v) is 7.20. The average molecular weight is 484 g/mol. The van der Waals surface area contributed by atoms with Gasteiger partial charge in [-0.1, -0.05) is 17.7 Å². The molecule has 140 valence electrons. The van der Waals surface area contributed by atoms with Crippen LogP contribution in [0.25, 0.3) is 0 Å². The molecule has 1 N–H and O–H groups in total. The van der Waals surface area contributed by atoms with Crippen LogP contribution in [0.1, 0.15) is 11.1 Å². The lowest BCUT2D eigenvalue weighted by Crippen LogP contribution is -2.19. The fourth-order valence-corrected chi connectivity index (χ4v) is 2.80. The Hall–Kier alpha value is -2.36. The zero-order valence-electron chi connectivity index (χ0n) is 14.5. The lowest BCUT2D eigenvalue weighted by molar-refractivity contribution is -0.137. The lowest BCUT2D eigenvalue weighted by atomic mass is 10.2. The first-order valence-electron chi connectivity index (χ1n) is 8.01. The molecule has 0 fully saturated rings. The highest BCUT2D eigenvalue weighted by Gasteiger charge is 2.36. The Kier molecular flexibility index (Phi) is 5.54. The fourth-order valence-electron chi connectivity index (χ4n) is 2.44. The van der Waals surface area contributed by atoms with Crippen LogP contribution in [0.15, 0.2) is 54.7 Å². The van der Waals surface area contributed by atoms with Gasteiger partial charge in [0.2, 0.25) is 5.95 Å². The van der Waals surface area contributed by atoms with Gasteiger partial charge in [0.05, 0.1) is 0 Å². The van der Waals surface area contributed by atoms with Crippen molar-refractivity contribution in [1.29, 1.82) is 0 Å². The van der Waals surface area contributed by atoms with E-state index in [1.54, 1.807) is 19.2 Å². The first-order chi connectivity index (χ1) is 12.7. The molecule has 0 bridgehead atoms. The standard InChI is InChI=1S/C19H16F3IN4/c1-12-3-7-14(8-4-12)25-18-24-11-16(19(20,21)22)17(26-18)27(2)15-9-5-13(23)6-10-15/h3-11H,1-2H3,(H,24,25,26). The molecule has 8 heteroatoms. The van der Waals surface area contributed by atoms with Crippen LogP contribution < -0.4 is 10.2 Å². The quantitative estimate of drug-likeness (QED) is 0.467. The van der Waals surface area contributed by atoms with E-state index in [-0.39, 0.29) is 11.8 Å². The van der Waals surface area contributed by atoms with Crippen molar-refractivity contribution in [3.8, 4) is 0 Å². The topological polar surface area (TPSA) is 41.1 Å². The van der Waals surface area contributed by atoms with Gasteiger partial charge < -0.3 is 10.2 Å². The number of hydrogen-bond acceptors (Lipinski definition) is 4. The molecule has 0 saturated carbocycles. The second kappa shape index (κ2) is 7.71. The molecule has 2 aromatic carbocycles. The van der Waals surface area contributed by atoms with Crippen LogP contribution in [0, 0.1) is 10.5 Å². The minimum absolute atomic E-state index is 0.0965. The largest absolute Gasteiger partial charge is 0.421 e. The number of aromatic nitrogens is 2. The Balaban J connectivity index is 2.00. The van der Waals surface area contributed by atoms with Gasteiger partial charge in [-0.15, -0.1) is 0 Å². The molecule has 4 nitrogen and oxygen atoms in total. The normalized spacial score (nSPS) is 11.3. The van der Waals surface area contributed by atoms with Gasteiger partial charge in [-0.25, -0.2) is 4.98 Å². The maximum atomic E-state index is 13.5. The minimum atomic E-state index is -4.56. The molecule has 0 aliphatic carbocycles. The van der Waals surface area contributed by atoms with E-state index in [4.69, 9.17) is 0 Å². The molecular weight excluding hydrogens is 468 g/mol. The lowest BCUT2D eigenvalue weighted by Gasteiger charge is -2.23. The van der Waals surface area contributed by atoms with E-state index in [0.29, 0.717) is 11.4 Å². The van der Waals surface area contributed by atoms with Crippen molar-refractivity contribution in [3.05, 3.63) is 69.4 Å². The van der Waals surface area contributed by atoms with E-state index < -0.39 is 11.7 Å². The summed E-state index contributed by atoms with van der Waals surface area (Å²) in [4.78, 5) is 9.38. The summed E-state index contributed by atoms with van der Waals surface area (Å²) in [7, 11) is 1.55. The maximum absolute atomic E-state index is 13.5. The Morgan fingerprint density at radius 3 is 2.22 bits per heavy atom. The molecule has 0 unspecified atom stereocenters. The summed E-state index contributed by atoms with van der Waals surface area (Å²) in [5.74, 6) is -0.118. The van der Waals surface area contributed by atoms with E-state index in [0.717, 1.165) is 15.3 Å². The van der Waals surface area contributed by atoms with Gasteiger partial charge in [-0.3, -0.25) is 0 Å². The van der Waals surface area contributed by atoms with Crippen molar-refractivity contribution < 1.29 is 13.2 Å². The SMILES string of the molecule is Cc1ccc(Nc2ncc(C(F)(F)F)c(N(C)c3ccc(I)cc3)n2)cc1. The van der Waals surface area contributed by atoms with E-state index in [1.165, 1.54) is 4.90 Å². The Morgan fingerprint density at radius 2 is 1.63 bits per heavy atom. The van der Waals surface area contributed by atoms with Gasteiger partial charge in [-0.05, 0) is 65.9 Å². The second-order valence-electron chi connectivity index (χ2n) is 5.96. The van der Waals surface area contributed by atoms with Crippen molar-refractivity contribution in [1.82, 2.24) is 9.97 Å². The average Bonchev–Trinajstić information content (AvgIpc) is 2.63. The third kappa shape index (κ3) is 4.68. The van der Waals surface area contributed by atoms with Crippen LogP contribution in [0.5, 0.6) is 0 Å². The molecule has 0 aliphatic rings. The predicted molar refractivity (Wildman–Crippen MR) is 109 cm³/mol. The number of benzene rings is 2.